The first-order chi connectivity index (χ1) is 16.0. The molecule has 11 N–H and O–H groups in total. The average Bonchev–Trinajstić information content (AvgIpc) is 3.07. The Bertz CT molecular complexity index is 651. The summed E-state index contributed by atoms with van der Waals surface area (Å²) in [6.07, 6.45) is -22.2. The van der Waals surface area contributed by atoms with Gasteiger partial charge in [0.25, 0.3) is 0 Å². The molecule has 3 heterocycles. The zero-order chi connectivity index (χ0) is 25.4. The predicted molar refractivity (Wildman–Crippen MR) is 101 cm³/mol. The van der Waals surface area contributed by atoms with Gasteiger partial charge in [-0.2, -0.15) is 0 Å². The fourth-order valence-electron chi connectivity index (χ4n) is 4.02. The van der Waals surface area contributed by atoms with Gasteiger partial charge < -0.3 is 79.9 Å². The molecule has 0 aromatic heterocycles. The number of ether oxygens (including phenoxy) is 5. The summed E-state index contributed by atoms with van der Waals surface area (Å²) in [5, 5.41) is 109. The zero-order valence-electron chi connectivity index (χ0n) is 17.8. The van der Waals surface area contributed by atoms with Gasteiger partial charge in [-0.3, -0.25) is 0 Å². The van der Waals surface area contributed by atoms with Crippen LogP contribution >= 0.6 is 0 Å². The van der Waals surface area contributed by atoms with E-state index in [1.54, 1.807) is 0 Å². The lowest BCUT2D eigenvalue weighted by Crippen LogP contribution is -2.63. The molecule has 3 fully saturated rings. The Kier molecular flexibility index (Phi) is 9.18. The highest BCUT2D eigenvalue weighted by atomic mass is 16.8. The topological polar surface area (TPSA) is 269 Å². The van der Waals surface area contributed by atoms with Crippen molar-refractivity contribution in [2.75, 3.05) is 26.4 Å². The summed E-state index contributed by atoms with van der Waals surface area (Å²) < 4.78 is 26.8. The molecule has 16 nitrogen and oxygen atoms in total. The fraction of sp³-hybridized carbons (Fsp3) is 1.00. The van der Waals surface area contributed by atoms with Crippen molar-refractivity contribution >= 4 is 0 Å². The molecule has 3 aliphatic rings. The molecule has 0 unspecified atom stereocenters. The standard InChI is InChI=1S/C18H32O16/c19-1-5-8(22)11(25)13(27)16(31-5)30-4-18(15(29)10(24)7(3-21)33-18)34-17-14(28)12(26)9(23)6(2-20)32-17/h5-17,19-29H,1-4H2/t5-,6-,7-,8+,9-,10-,11+,12+,13-,14-,15+,16-,17-,18+/m1/s1. The second kappa shape index (κ2) is 11.2. The molecule has 0 aliphatic carbocycles. The Hall–Kier alpha value is -0.640. The molecule has 0 radical (unpaired) electrons. The molecule has 0 saturated carbocycles. The molecule has 16 heteroatoms. The van der Waals surface area contributed by atoms with Crippen LogP contribution in [0.1, 0.15) is 0 Å². The molecule has 34 heavy (non-hydrogen) atoms. The number of aliphatic hydroxyl groups is 11. The monoisotopic (exact) mass is 504 g/mol. The van der Waals surface area contributed by atoms with Crippen LogP contribution in [0.25, 0.3) is 0 Å². The van der Waals surface area contributed by atoms with Gasteiger partial charge in [0.2, 0.25) is 5.79 Å². The molecule has 0 amide bonds. The summed E-state index contributed by atoms with van der Waals surface area (Å²) in [5.41, 5.74) is 0. The minimum absolute atomic E-state index is 0.748. The van der Waals surface area contributed by atoms with Crippen LogP contribution in [0.5, 0.6) is 0 Å². The summed E-state index contributed by atoms with van der Waals surface area (Å²) in [7, 11) is 0. The molecule has 3 rings (SSSR count). The molecule has 3 aliphatic heterocycles. The molecule has 0 aromatic rings. The van der Waals surface area contributed by atoms with E-state index in [0.29, 0.717) is 0 Å². The highest BCUT2D eigenvalue weighted by molar-refractivity contribution is 4.99. The molecule has 200 valence electrons. The Balaban J connectivity index is 1.82. The minimum atomic E-state index is -2.43. The van der Waals surface area contributed by atoms with E-state index in [9.17, 15) is 56.2 Å². The van der Waals surface area contributed by atoms with Crippen LogP contribution < -0.4 is 0 Å². The van der Waals surface area contributed by atoms with E-state index in [0.717, 1.165) is 0 Å². The van der Waals surface area contributed by atoms with Crippen molar-refractivity contribution in [3.05, 3.63) is 0 Å². The van der Waals surface area contributed by atoms with Gasteiger partial charge in [0.05, 0.1) is 19.8 Å². The molecular formula is C18H32O16. The Morgan fingerprint density at radius 1 is 0.559 bits per heavy atom. The van der Waals surface area contributed by atoms with Crippen LogP contribution in [0, 0.1) is 0 Å². The maximum absolute atomic E-state index is 10.6. The van der Waals surface area contributed by atoms with E-state index in [4.69, 9.17) is 23.7 Å². The van der Waals surface area contributed by atoms with Crippen molar-refractivity contribution in [2.24, 2.45) is 0 Å². The van der Waals surface area contributed by atoms with E-state index in [1.165, 1.54) is 0 Å². The lowest BCUT2D eigenvalue weighted by molar-refractivity contribution is -0.397. The summed E-state index contributed by atoms with van der Waals surface area (Å²) in [6, 6.07) is 0. The molecule has 0 aromatic carbocycles. The quantitative estimate of drug-likeness (QED) is 0.146. The summed E-state index contributed by atoms with van der Waals surface area (Å²) in [5.74, 6) is -2.43. The first-order valence-electron chi connectivity index (χ1n) is 10.6. The molecule has 3 saturated heterocycles. The molecule has 14 atom stereocenters. The first kappa shape index (κ1) is 27.9. The Morgan fingerprint density at radius 3 is 1.50 bits per heavy atom. The number of hydrogen-bond donors (Lipinski definition) is 11. The van der Waals surface area contributed by atoms with Gasteiger partial charge in [0.15, 0.2) is 12.6 Å². The highest BCUT2D eigenvalue weighted by Gasteiger charge is 2.59. The maximum Gasteiger partial charge on any atom is 0.224 e. The van der Waals surface area contributed by atoms with E-state index in [1.807, 2.05) is 0 Å². The fourth-order valence-corrected chi connectivity index (χ4v) is 4.02. The van der Waals surface area contributed by atoms with Crippen molar-refractivity contribution in [1.82, 2.24) is 0 Å². The zero-order valence-corrected chi connectivity index (χ0v) is 17.8. The van der Waals surface area contributed by atoms with Crippen LogP contribution in [-0.4, -0.2) is 168 Å². The summed E-state index contributed by atoms with van der Waals surface area (Å²) >= 11 is 0. The first-order valence-corrected chi connectivity index (χ1v) is 10.6. The van der Waals surface area contributed by atoms with Crippen molar-refractivity contribution in [3.8, 4) is 0 Å². The van der Waals surface area contributed by atoms with Gasteiger partial charge in [0, 0.05) is 0 Å². The average molecular weight is 504 g/mol. The SMILES string of the molecule is OC[C@H]1O[C@@H](OC[C@@]2(O[C@H]3O[C@H](CO)[C@@H](O)[C@H](O)[C@H]3O)O[C@H](CO)[C@@H](O)[C@@H]2O)[C@H](O)[C@@H](O)[C@H]1O. The van der Waals surface area contributed by atoms with Gasteiger partial charge in [-0.05, 0) is 0 Å². The van der Waals surface area contributed by atoms with Crippen LogP contribution in [0.3, 0.4) is 0 Å². The normalized spacial score (nSPS) is 52.1. The summed E-state index contributed by atoms with van der Waals surface area (Å²) in [4.78, 5) is 0. The Labute approximate surface area is 192 Å². The molecular weight excluding hydrogens is 472 g/mol. The van der Waals surface area contributed by atoms with Gasteiger partial charge in [0.1, 0.15) is 73.8 Å². The summed E-state index contributed by atoms with van der Waals surface area (Å²) in [6.45, 7) is -3.23. The number of aliphatic hydroxyl groups excluding tert-OH is 11. The van der Waals surface area contributed by atoms with Gasteiger partial charge in [-0.25, -0.2) is 0 Å². The second-order valence-electron chi connectivity index (χ2n) is 8.41. The third-order valence-electron chi connectivity index (χ3n) is 6.15. The third kappa shape index (κ3) is 5.09. The van der Waals surface area contributed by atoms with Gasteiger partial charge in [-0.15, -0.1) is 0 Å². The van der Waals surface area contributed by atoms with Crippen molar-refractivity contribution in [1.29, 1.82) is 0 Å². The van der Waals surface area contributed by atoms with E-state index in [-0.39, 0.29) is 0 Å². The molecule has 0 spiro atoms. The smallest absolute Gasteiger partial charge is 0.224 e. The maximum atomic E-state index is 10.6. The number of rotatable bonds is 8. The van der Waals surface area contributed by atoms with Crippen LogP contribution in [-0.2, 0) is 23.7 Å². The van der Waals surface area contributed by atoms with E-state index >= 15 is 0 Å². The van der Waals surface area contributed by atoms with Crippen molar-refractivity contribution < 1.29 is 79.9 Å². The lowest BCUT2D eigenvalue weighted by Gasteiger charge is -2.44. The van der Waals surface area contributed by atoms with Crippen molar-refractivity contribution in [2.45, 2.75) is 85.5 Å². The van der Waals surface area contributed by atoms with Crippen molar-refractivity contribution in [3.63, 3.8) is 0 Å². The van der Waals surface area contributed by atoms with Crippen LogP contribution in [0.4, 0.5) is 0 Å². The second-order valence-corrected chi connectivity index (χ2v) is 8.41. The minimum Gasteiger partial charge on any atom is -0.394 e. The lowest BCUT2D eigenvalue weighted by atomic mass is 9.98. The molecule has 0 bridgehead atoms. The predicted octanol–water partition coefficient (Wildman–Crippen LogP) is -7.57. The van der Waals surface area contributed by atoms with Gasteiger partial charge >= 0.3 is 0 Å². The van der Waals surface area contributed by atoms with Crippen LogP contribution in [0.15, 0.2) is 0 Å². The number of hydrogen-bond acceptors (Lipinski definition) is 16. The van der Waals surface area contributed by atoms with Gasteiger partial charge in [-0.1, -0.05) is 0 Å². The van der Waals surface area contributed by atoms with E-state index < -0.39 is 112 Å². The largest absolute Gasteiger partial charge is 0.394 e. The third-order valence-corrected chi connectivity index (χ3v) is 6.15. The Morgan fingerprint density at radius 2 is 1.03 bits per heavy atom. The highest BCUT2D eigenvalue weighted by Crippen LogP contribution is 2.37. The van der Waals surface area contributed by atoms with Crippen LogP contribution in [0.2, 0.25) is 0 Å². The van der Waals surface area contributed by atoms with E-state index in [2.05, 4.69) is 0 Å².